The van der Waals surface area contributed by atoms with Gasteiger partial charge in [0.2, 0.25) is 5.91 Å². The molecule has 3 rings (SSSR count). The van der Waals surface area contributed by atoms with E-state index in [-0.39, 0.29) is 24.5 Å². The van der Waals surface area contributed by atoms with Gasteiger partial charge in [-0.25, -0.2) is 0 Å². The zero-order valence-electron chi connectivity index (χ0n) is 15.2. The number of carbonyl (C=O) groups is 2. The van der Waals surface area contributed by atoms with E-state index in [0.717, 1.165) is 12.0 Å². The minimum absolute atomic E-state index is 0.00256. The molecule has 0 atom stereocenters. The van der Waals surface area contributed by atoms with Crippen molar-refractivity contribution in [3.63, 3.8) is 0 Å². The Morgan fingerprint density at radius 3 is 2.27 bits per heavy atom. The Kier molecular flexibility index (Phi) is 5.56. The van der Waals surface area contributed by atoms with E-state index in [0.29, 0.717) is 30.2 Å². The van der Waals surface area contributed by atoms with Crippen molar-refractivity contribution in [1.82, 2.24) is 4.90 Å². The van der Waals surface area contributed by atoms with Crippen molar-refractivity contribution >= 4 is 11.7 Å². The summed E-state index contributed by atoms with van der Waals surface area (Å²) < 4.78 is 10.7. The second kappa shape index (κ2) is 8.04. The highest BCUT2D eigenvalue weighted by Crippen LogP contribution is 2.33. The number of ether oxygens (including phenoxy) is 2. The molecule has 1 heterocycles. The molecule has 136 valence electrons. The summed E-state index contributed by atoms with van der Waals surface area (Å²) in [4.78, 5) is 26.5. The van der Waals surface area contributed by atoms with Gasteiger partial charge in [-0.2, -0.15) is 0 Å². The molecule has 1 amide bonds. The standard InChI is InChI=1S/C21H23NO4/c1-25-19-12-16-10-11-22(14-17(16)13-20(19)26-2)21(24)9-8-18(23)15-6-4-3-5-7-15/h3-7,12-13H,8-11,14H2,1-2H3. The number of hydrogen-bond donors (Lipinski definition) is 0. The molecule has 1 aliphatic rings. The van der Waals surface area contributed by atoms with Gasteiger partial charge in [-0.1, -0.05) is 30.3 Å². The Hall–Kier alpha value is -2.82. The van der Waals surface area contributed by atoms with E-state index in [1.807, 2.05) is 35.2 Å². The summed E-state index contributed by atoms with van der Waals surface area (Å²) >= 11 is 0. The van der Waals surface area contributed by atoms with Crippen molar-refractivity contribution in [2.45, 2.75) is 25.8 Å². The lowest BCUT2D eigenvalue weighted by Gasteiger charge is -2.29. The number of fused-ring (bicyclic) bond motifs is 1. The molecule has 0 bridgehead atoms. The number of benzene rings is 2. The maximum Gasteiger partial charge on any atom is 0.223 e. The fraction of sp³-hybridized carbons (Fsp3) is 0.333. The van der Waals surface area contributed by atoms with Crippen molar-refractivity contribution in [2.24, 2.45) is 0 Å². The number of Topliss-reactive ketones (excluding diaryl/α,β-unsaturated/α-hetero) is 1. The van der Waals surface area contributed by atoms with Gasteiger partial charge in [-0.05, 0) is 29.7 Å². The summed E-state index contributed by atoms with van der Waals surface area (Å²) in [5, 5.41) is 0. The van der Waals surface area contributed by atoms with E-state index < -0.39 is 0 Å². The molecule has 0 fully saturated rings. The van der Waals surface area contributed by atoms with Crippen LogP contribution >= 0.6 is 0 Å². The maximum absolute atomic E-state index is 12.5. The lowest BCUT2D eigenvalue weighted by molar-refractivity contribution is -0.132. The first kappa shape index (κ1) is 18.0. The normalized spacial score (nSPS) is 13.1. The predicted molar refractivity (Wildman–Crippen MR) is 98.7 cm³/mol. The molecule has 0 aromatic heterocycles. The summed E-state index contributed by atoms with van der Waals surface area (Å²) in [6, 6.07) is 13.0. The average molecular weight is 353 g/mol. The van der Waals surface area contributed by atoms with Gasteiger partial charge in [0.05, 0.1) is 14.2 Å². The van der Waals surface area contributed by atoms with Crippen molar-refractivity contribution in [3.05, 3.63) is 59.2 Å². The highest BCUT2D eigenvalue weighted by Gasteiger charge is 2.23. The van der Waals surface area contributed by atoms with Crippen LogP contribution in [0, 0.1) is 0 Å². The number of nitrogens with zero attached hydrogens (tertiary/aromatic N) is 1. The van der Waals surface area contributed by atoms with Gasteiger partial charge in [-0.15, -0.1) is 0 Å². The van der Waals surface area contributed by atoms with E-state index in [1.54, 1.807) is 26.4 Å². The fourth-order valence-corrected chi connectivity index (χ4v) is 3.24. The first-order chi connectivity index (χ1) is 12.6. The van der Waals surface area contributed by atoms with Crippen molar-refractivity contribution in [2.75, 3.05) is 20.8 Å². The third-order valence-corrected chi connectivity index (χ3v) is 4.73. The summed E-state index contributed by atoms with van der Waals surface area (Å²) in [5.74, 6) is 1.39. The van der Waals surface area contributed by atoms with E-state index in [9.17, 15) is 9.59 Å². The Balaban J connectivity index is 1.63. The molecule has 2 aromatic carbocycles. The molecule has 0 saturated carbocycles. The lowest BCUT2D eigenvalue weighted by Crippen LogP contribution is -2.36. The van der Waals surface area contributed by atoms with Crippen molar-refractivity contribution in [1.29, 1.82) is 0 Å². The highest BCUT2D eigenvalue weighted by molar-refractivity contribution is 5.97. The third-order valence-electron chi connectivity index (χ3n) is 4.73. The number of hydrogen-bond acceptors (Lipinski definition) is 4. The Bertz CT molecular complexity index is 801. The highest BCUT2D eigenvalue weighted by atomic mass is 16.5. The molecule has 2 aromatic rings. The van der Waals surface area contributed by atoms with E-state index in [4.69, 9.17) is 9.47 Å². The minimum Gasteiger partial charge on any atom is -0.493 e. The summed E-state index contributed by atoms with van der Waals surface area (Å²) in [5.41, 5.74) is 2.89. The monoisotopic (exact) mass is 353 g/mol. The van der Waals surface area contributed by atoms with Crippen molar-refractivity contribution < 1.29 is 19.1 Å². The fourth-order valence-electron chi connectivity index (χ4n) is 3.24. The minimum atomic E-state index is 0.00256. The van der Waals surface area contributed by atoms with Crippen LogP contribution in [0.25, 0.3) is 0 Å². The third kappa shape index (κ3) is 3.87. The molecule has 5 heteroatoms. The first-order valence-corrected chi connectivity index (χ1v) is 8.72. The van der Waals surface area contributed by atoms with Gasteiger partial charge in [0.1, 0.15) is 0 Å². The number of carbonyl (C=O) groups excluding carboxylic acids is 2. The van der Waals surface area contributed by atoms with Gasteiger partial charge < -0.3 is 14.4 Å². The van der Waals surface area contributed by atoms with Crippen LogP contribution in [0.15, 0.2) is 42.5 Å². The Morgan fingerprint density at radius 2 is 1.62 bits per heavy atom. The maximum atomic E-state index is 12.5. The number of amides is 1. The van der Waals surface area contributed by atoms with E-state index >= 15 is 0 Å². The molecular weight excluding hydrogens is 330 g/mol. The molecule has 0 saturated heterocycles. The first-order valence-electron chi connectivity index (χ1n) is 8.72. The zero-order chi connectivity index (χ0) is 18.5. The molecule has 0 spiro atoms. The number of rotatable bonds is 6. The number of methoxy groups -OCH3 is 2. The molecule has 5 nitrogen and oxygen atoms in total. The van der Waals surface area contributed by atoms with Crippen LogP contribution in [0.1, 0.15) is 34.3 Å². The quantitative estimate of drug-likeness (QED) is 0.748. The van der Waals surface area contributed by atoms with Crippen LogP contribution in [-0.4, -0.2) is 37.4 Å². The largest absolute Gasteiger partial charge is 0.493 e. The molecule has 0 radical (unpaired) electrons. The van der Waals surface area contributed by atoms with E-state index in [1.165, 1.54) is 5.56 Å². The van der Waals surface area contributed by atoms with Crippen LogP contribution in [0.2, 0.25) is 0 Å². The number of ketones is 1. The zero-order valence-corrected chi connectivity index (χ0v) is 15.2. The van der Waals surface area contributed by atoms with Crippen LogP contribution in [0.4, 0.5) is 0 Å². The SMILES string of the molecule is COc1cc2c(cc1OC)CN(C(=O)CCC(=O)c1ccccc1)CC2. The summed E-state index contributed by atoms with van der Waals surface area (Å²) in [6.07, 6.45) is 1.24. The summed E-state index contributed by atoms with van der Waals surface area (Å²) in [6.45, 7) is 1.19. The van der Waals surface area contributed by atoms with E-state index in [2.05, 4.69) is 0 Å². The summed E-state index contributed by atoms with van der Waals surface area (Å²) in [7, 11) is 3.22. The molecule has 0 aliphatic carbocycles. The Labute approximate surface area is 153 Å². The molecule has 0 N–H and O–H groups in total. The molecular formula is C21H23NO4. The molecule has 0 unspecified atom stereocenters. The topological polar surface area (TPSA) is 55.8 Å². The lowest BCUT2D eigenvalue weighted by atomic mass is 9.98. The second-order valence-electron chi connectivity index (χ2n) is 6.33. The predicted octanol–water partition coefficient (Wildman–Crippen LogP) is 3.25. The van der Waals surface area contributed by atoms with Crippen LogP contribution in [0.5, 0.6) is 11.5 Å². The van der Waals surface area contributed by atoms with Crippen LogP contribution in [0.3, 0.4) is 0 Å². The van der Waals surface area contributed by atoms with Crippen LogP contribution < -0.4 is 9.47 Å². The van der Waals surface area contributed by atoms with Gasteiger partial charge in [0.25, 0.3) is 0 Å². The van der Waals surface area contributed by atoms with Crippen LogP contribution in [-0.2, 0) is 17.8 Å². The van der Waals surface area contributed by atoms with Gasteiger partial charge in [0, 0.05) is 31.5 Å². The Morgan fingerprint density at radius 1 is 0.962 bits per heavy atom. The van der Waals surface area contributed by atoms with Gasteiger partial charge in [-0.3, -0.25) is 9.59 Å². The van der Waals surface area contributed by atoms with Gasteiger partial charge in [0.15, 0.2) is 17.3 Å². The molecule has 1 aliphatic heterocycles. The molecule has 26 heavy (non-hydrogen) atoms. The van der Waals surface area contributed by atoms with Crippen molar-refractivity contribution in [3.8, 4) is 11.5 Å². The van der Waals surface area contributed by atoms with Gasteiger partial charge >= 0.3 is 0 Å². The average Bonchev–Trinajstić information content (AvgIpc) is 2.70. The smallest absolute Gasteiger partial charge is 0.223 e. The second-order valence-corrected chi connectivity index (χ2v) is 6.33.